The molecule has 0 bridgehead atoms. The molecule has 0 atom stereocenters. The van der Waals surface area contributed by atoms with Crippen LogP contribution in [0.4, 0.5) is 11.4 Å². The van der Waals surface area contributed by atoms with Gasteiger partial charge in [-0.3, -0.25) is 14.2 Å². The maximum atomic E-state index is 13.1. The van der Waals surface area contributed by atoms with Gasteiger partial charge in [0.05, 0.1) is 28.3 Å². The number of nitrogens with one attached hydrogen (secondary N) is 2. The van der Waals surface area contributed by atoms with Crippen molar-refractivity contribution in [2.24, 2.45) is 0 Å². The third kappa shape index (κ3) is 6.56. The van der Waals surface area contributed by atoms with E-state index in [1.807, 2.05) is 61.7 Å². The Kier molecular flexibility index (Phi) is 8.75. The van der Waals surface area contributed by atoms with Crippen LogP contribution in [0, 0.1) is 20.8 Å². The number of hydrogen-bond donors (Lipinski definition) is 3. The first-order valence-corrected chi connectivity index (χ1v) is 14.9. The number of carbonyl (C=O) groups excluding carboxylic acids is 2. The zero-order valence-corrected chi connectivity index (χ0v) is 25.6. The third-order valence-corrected chi connectivity index (χ3v) is 7.90. The summed E-state index contributed by atoms with van der Waals surface area (Å²) in [4.78, 5) is 26.2. The molecule has 0 radical (unpaired) electrons. The van der Waals surface area contributed by atoms with E-state index in [1.165, 1.54) is 11.8 Å². The maximum absolute atomic E-state index is 13.1. The topological polar surface area (TPSA) is 109 Å². The van der Waals surface area contributed by atoms with E-state index in [1.54, 1.807) is 42.5 Å². The van der Waals surface area contributed by atoms with Crippen molar-refractivity contribution < 1.29 is 14.7 Å². The van der Waals surface area contributed by atoms with Crippen LogP contribution in [-0.2, 0) is 4.79 Å². The van der Waals surface area contributed by atoms with Crippen LogP contribution in [0.5, 0.6) is 5.75 Å². The van der Waals surface area contributed by atoms with Crippen molar-refractivity contribution in [1.29, 1.82) is 0 Å². The minimum atomic E-state index is -0.322. The average Bonchev–Trinajstić information content (AvgIpc) is 3.37. The summed E-state index contributed by atoms with van der Waals surface area (Å²) in [7, 11) is 0. The van der Waals surface area contributed by atoms with Crippen LogP contribution in [0.2, 0.25) is 0 Å². The van der Waals surface area contributed by atoms with Gasteiger partial charge in [0, 0.05) is 10.2 Å². The second kappa shape index (κ2) is 12.6. The highest BCUT2D eigenvalue weighted by Gasteiger charge is 2.21. The number of phenolic OH excluding ortho intramolecular Hbond substituents is 1. The van der Waals surface area contributed by atoms with E-state index in [0.29, 0.717) is 33.5 Å². The van der Waals surface area contributed by atoms with Crippen LogP contribution in [-0.4, -0.2) is 37.4 Å². The first-order valence-electron chi connectivity index (χ1n) is 13.1. The van der Waals surface area contributed by atoms with Crippen molar-refractivity contribution in [1.82, 2.24) is 14.8 Å². The molecule has 0 fully saturated rings. The van der Waals surface area contributed by atoms with Gasteiger partial charge in [-0.25, -0.2) is 0 Å². The summed E-state index contributed by atoms with van der Waals surface area (Å²) in [5, 5.41) is 25.7. The number of amides is 2. The number of hydrogen-bond acceptors (Lipinski definition) is 6. The number of anilines is 2. The van der Waals surface area contributed by atoms with Gasteiger partial charge in [-0.1, -0.05) is 69.7 Å². The van der Waals surface area contributed by atoms with Gasteiger partial charge in [-0.15, -0.1) is 10.2 Å². The molecule has 0 aliphatic carbocycles. The van der Waals surface area contributed by atoms with Crippen molar-refractivity contribution in [3.05, 3.63) is 112 Å². The lowest BCUT2D eigenvalue weighted by Gasteiger charge is -2.15. The van der Waals surface area contributed by atoms with Crippen molar-refractivity contribution in [3.63, 3.8) is 0 Å². The molecule has 42 heavy (non-hydrogen) atoms. The Bertz CT molecular complexity index is 1800. The van der Waals surface area contributed by atoms with E-state index >= 15 is 0 Å². The quantitative estimate of drug-likeness (QED) is 0.153. The number of rotatable bonds is 8. The summed E-state index contributed by atoms with van der Waals surface area (Å²) >= 11 is 4.68. The lowest BCUT2D eigenvalue weighted by Crippen LogP contribution is -2.19. The zero-order valence-electron chi connectivity index (χ0n) is 23.2. The first-order chi connectivity index (χ1) is 20.2. The average molecular weight is 643 g/mol. The smallest absolute Gasteiger partial charge is 0.257 e. The van der Waals surface area contributed by atoms with E-state index in [4.69, 9.17) is 0 Å². The number of aryl methyl sites for hydroxylation is 3. The molecule has 5 rings (SSSR count). The van der Waals surface area contributed by atoms with Crippen LogP contribution in [0.1, 0.15) is 27.0 Å². The van der Waals surface area contributed by atoms with E-state index in [9.17, 15) is 14.7 Å². The predicted molar refractivity (Wildman–Crippen MR) is 171 cm³/mol. The molecule has 0 aliphatic rings. The number of halogens is 1. The molecule has 2 amide bonds. The van der Waals surface area contributed by atoms with E-state index in [2.05, 4.69) is 42.8 Å². The zero-order chi connectivity index (χ0) is 29.8. The van der Waals surface area contributed by atoms with E-state index in [0.717, 1.165) is 26.9 Å². The molecule has 0 unspecified atom stereocenters. The Morgan fingerprint density at radius 1 is 0.881 bits per heavy atom. The molecule has 4 aromatic carbocycles. The molecule has 1 heterocycles. The SMILES string of the molecule is Cc1cccc(NC(=O)c2ccccc2NC(=O)CSc2nnc(-c3cc(Br)ccc3O)n2-c2ccc(C)cc2C)c1. The highest BCUT2D eigenvalue weighted by Crippen LogP contribution is 2.35. The number of para-hydroxylation sites is 1. The summed E-state index contributed by atoms with van der Waals surface area (Å²) in [6.07, 6.45) is 0. The van der Waals surface area contributed by atoms with E-state index in [-0.39, 0.29) is 23.3 Å². The number of nitrogens with zero attached hydrogens (tertiary/aromatic N) is 3. The standard InChI is InChI=1S/C32H28BrN5O3S/c1-19-7-6-8-23(16-19)34-31(41)24-9-4-5-10-26(24)35-29(40)18-42-32-37-36-30(25-17-22(33)12-14-28(25)39)38(32)27-13-11-20(2)15-21(27)3/h4-17,39H,18H2,1-3H3,(H,34,41)(H,35,40). The molecule has 212 valence electrons. The fraction of sp³-hybridized carbons (Fsp3) is 0.125. The maximum Gasteiger partial charge on any atom is 0.257 e. The summed E-state index contributed by atoms with van der Waals surface area (Å²) in [5.74, 6) is -0.107. The second-order valence-corrected chi connectivity index (χ2v) is 11.7. The Morgan fingerprint density at radius 3 is 2.45 bits per heavy atom. The minimum Gasteiger partial charge on any atom is -0.507 e. The van der Waals surface area contributed by atoms with Gasteiger partial charge < -0.3 is 15.7 Å². The first kappa shape index (κ1) is 29.1. The number of carbonyl (C=O) groups is 2. The number of thioether (sulfide) groups is 1. The van der Waals surface area contributed by atoms with Crippen LogP contribution < -0.4 is 10.6 Å². The molecular weight excluding hydrogens is 614 g/mol. The van der Waals surface area contributed by atoms with E-state index < -0.39 is 0 Å². The van der Waals surface area contributed by atoms with Gasteiger partial charge in [-0.2, -0.15) is 0 Å². The highest BCUT2D eigenvalue weighted by molar-refractivity contribution is 9.10. The molecule has 0 spiro atoms. The molecule has 3 N–H and O–H groups in total. The predicted octanol–water partition coefficient (Wildman–Crippen LogP) is 7.31. The molecule has 5 aromatic rings. The largest absolute Gasteiger partial charge is 0.507 e. The Labute approximate surface area is 256 Å². The number of phenols is 1. The lowest BCUT2D eigenvalue weighted by atomic mass is 10.1. The molecule has 0 aliphatic heterocycles. The molecule has 0 saturated carbocycles. The molecule has 10 heteroatoms. The molecule has 0 saturated heterocycles. The van der Waals surface area contributed by atoms with Crippen LogP contribution >= 0.6 is 27.7 Å². The third-order valence-electron chi connectivity index (χ3n) is 6.48. The van der Waals surface area contributed by atoms with Gasteiger partial charge in [0.25, 0.3) is 5.91 Å². The Morgan fingerprint density at radius 2 is 1.67 bits per heavy atom. The van der Waals surface area contributed by atoms with Crippen molar-refractivity contribution >= 4 is 50.9 Å². The summed E-state index contributed by atoms with van der Waals surface area (Å²) in [5.41, 5.74) is 5.89. The van der Waals surface area contributed by atoms with Gasteiger partial charge in [-0.05, 0) is 80.4 Å². The fourth-order valence-electron chi connectivity index (χ4n) is 4.53. The lowest BCUT2D eigenvalue weighted by molar-refractivity contribution is -0.113. The molecule has 1 aromatic heterocycles. The highest BCUT2D eigenvalue weighted by atomic mass is 79.9. The Balaban J connectivity index is 1.39. The fourth-order valence-corrected chi connectivity index (χ4v) is 5.63. The van der Waals surface area contributed by atoms with Crippen LogP contribution in [0.25, 0.3) is 17.1 Å². The second-order valence-electron chi connectivity index (χ2n) is 9.80. The Hall–Kier alpha value is -4.41. The van der Waals surface area contributed by atoms with Gasteiger partial charge in [0.1, 0.15) is 5.75 Å². The molecular formula is C32H28BrN5O3S. The summed E-state index contributed by atoms with van der Waals surface area (Å²) in [6.45, 7) is 5.96. The number of benzene rings is 4. The van der Waals surface area contributed by atoms with Crippen molar-refractivity contribution in [2.45, 2.75) is 25.9 Å². The van der Waals surface area contributed by atoms with Crippen molar-refractivity contribution in [2.75, 3.05) is 16.4 Å². The number of aromatic hydroxyl groups is 1. The van der Waals surface area contributed by atoms with Crippen molar-refractivity contribution in [3.8, 4) is 22.8 Å². The van der Waals surface area contributed by atoms with Gasteiger partial charge in [0.2, 0.25) is 5.91 Å². The summed E-state index contributed by atoms with van der Waals surface area (Å²) in [6, 6.07) is 25.5. The minimum absolute atomic E-state index is 0.0152. The van der Waals surface area contributed by atoms with Crippen LogP contribution in [0.3, 0.4) is 0 Å². The summed E-state index contributed by atoms with van der Waals surface area (Å²) < 4.78 is 2.63. The normalized spacial score (nSPS) is 10.9. The monoisotopic (exact) mass is 641 g/mol. The number of aromatic nitrogens is 3. The van der Waals surface area contributed by atoms with Gasteiger partial charge >= 0.3 is 0 Å². The molecule has 8 nitrogen and oxygen atoms in total. The van der Waals surface area contributed by atoms with Crippen LogP contribution in [0.15, 0.2) is 94.6 Å². The van der Waals surface area contributed by atoms with Gasteiger partial charge in [0.15, 0.2) is 11.0 Å².